The number of hydrogen-bond donors (Lipinski definition) is 1. The Kier molecular flexibility index (Phi) is 6.93. The predicted octanol–water partition coefficient (Wildman–Crippen LogP) is 5.36. The van der Waals surface area contributed by atoms with E-state index in [0.717, 1.165) is 24.8 Å². The van der Waals surface area contributed by atoms with Crippen molar-refractivity contribution in [2.24, 2.45) is 0 Å². The largest absolute Gasteiger partial charge is 0.507 e. The van der Waals surface area contributed by atoms with Crippen molar-refractivity contribution in [1.82, 2.24) is 0 Å². The van der Waals surface area contributed by atoms with E-state index >= 15 is 0 Å². The summed E-state index contributed by atoms with van der Waals surface area (Å²) in [6.45, 7) is 8.17. The van der Waals surface area contributed by atoms with Crippen LogP contribution in [0.4, 0.5) is 0 Å². The molecule has 0 fully saturated rings. The molecule has 0 radical (unpaired) electrons. The highest BCUT2D eigenvalue weighted by molar-refractivity contribution is 5.99. The number of phenolic OH excluding ortho intramolecular Hbond substituents is 1. The second-order valence-electron chi connectivity index (χ2n) is 5.80. The monoisotopic (exact) mass is 286 g/mol. The van der Waals surface area contributed by atoms with Gasteiger partial charge in [-0.3, -0.25) is 4.79 Å². The Morgan fingerprint density at radius 1 is 1.10 bits per heavy atom. The van der Waals surface area contributed by atoms with Crippen LogP contribution in [0, 0.1) is 6.92 Å². The molecule has 0 aliphatic rings. The molecule has 1 aromatic rings. The van der Waals surface area contributed by atoms with Gasteiger partial charge in [-0.2, -0.15) is 0 Å². The molecule has 0 bridgehead atoms. The molecule has 0 atom stereocenters. The Morgan fingerprint density at radius 2 is 1.76 bits per heavy atom. The van der Waals surface area contributed by atoms with Gasteiger partial charge in [0.25, 0.3) is 0 Å². The standard InChI is InChI=1S/C19H26O2/c1-14(2)8-5-9-15(3)10-6-12-17(20)19-16(4)11-7-13-18(19)21/h7-8,10-11,13,21H,5-6,9,12H2,1-4H3/b15-10+. The minimum atomic E-state index is 0.0129. The number of aryl methyl sites for hydroxylation is 1. The molecule has 0 amide bonds. The highest BCUT2D eigenvalue weighted by Gasteiger charge is 2.12. The average Bonchev–Trinajstić information content (AvgIpc) is 2.38. The van der Waals surface area contributed by atoms with Crippen molar-refractivity contribution in [2.75, 3.05) is 0 Å². The number of phenols is 1. The summed E-state index contributed by atoms with van der Waals surface area (Å²) in [5.74, 6) is 0.100. The van der Waals surface area contributed by atoms with Gasteiger partial charge < -0.3 is 5.11 Å². The molecule has 0 saturated heterocycles. The second kappa shape index (κ2) is 8.46. The van der Waals surface area contributed by atoms with Crippen LogP contribution in [-0.2, 0) is 0 Å². The van der Waals surface area contributed by atoms with E-state index in [2.05, 4.69) is 32.9 Å². The molecule has 0 aliphatic heterocycles. The van der Waals surface area contributed by atoms with Crippen molar-refractivity contribution in [1.29, 1.82) is 0 Å². The van der Waals surface area contributed by atoms with Gasteiger partial charge >= 0.3 is 0 Å². The van der Waals surface area contributed by atoms with Gasteiger partial charge in [-0.15, -0.1) is 0 Å². The average molecular weight is 286 g/mol. The van der Waals surface area contributed by atoms with Crippen molar-refractivity contribution in [2.45, 2.75) is 53.4 Å². The molecule has 0 heterocycles. The molecule has 0 unspecified atom stereocenters. The van der Waals surface area contributed by atoms with Crippen molar-refractivity contribution in [3.05, 3.63) is 52.6 Å². The molecule has 1 N–H and O–H groups in total. The summed E-state index contributed by atoms with van der Waals surface area (Å²) < 4.78 is 0. The zero-order valence-corrected chi connectivity index (χ0v) is 13.6. The fraction of sp³-hybridized carbons (Fsp3) is 0.421. The maximum Gasteiger partial charge on any atom is 0.167 e. The summed E-state index contributed by atoms with van der Waals surface area (Å²) in [7, 11) is 0. The third-order valence-electron chi connectivity index (χ3n) is 3.49. The first kappa shape index (κ1) is 17.2. The lowest BCUT2D eigenvalue weighted by atomic mass is 9.99. The van der Waals surface area contributed by atoms with Crippen LogP contribution >= 0.6 is 0 Å². The van der Waals surface area contributed by atoms with Crippen LogP contribution in [0.2, 0.25) is 0 Å². The Hall–Kier alpha value is -1.83. The van der Waals surface area contributed by atoms with Gasteiger partial charge in [0.15, 0.2) is 5.78 Å². The van der Waals surface area contributed by atoms with E-state index in [1.54, 1.807) is 12.1 Å². The number of carbonyl (C=O) groups excluding carboxylic acids is 1. The Morgan fingerprint density at radius 3 is 2.38 bits per heavy atom. The third-order valence-corrected chi connectivity index (χ3v) is 3.49. The van der Waals surface area contributed by atoms with E-state index < -0.39 is 0 Å². The molecule has 2 nitrogen and oxygen atoms in total. The first-order valence-electron chi connectivity index (χ1n) is 7.52. The van der Waals surface area contributed by atoms with Gasteiger partial charge in [-0.05, 0) is 58.6 Å². The Balaban J connectivity index is 2.52. The summed E-state index contributed by atoms with van der Waals surface area (Å²) in [5, 5.41) is 9.80. The van der Waals surface area contributed by atoms with Crippen LogP contribution in [0.25, 0.3) is 0 Å². The van der Waals surface area contributed by atoms with Crippen molar-refractivity contribution < 1.29 is 9.90 Å². The molecule has 21 heavy (non-hydrogen) atoms. The third kappa shape index (κ3) is 5.99. The van der Waals surface area contributed by atoms with E-state index in [1.807, 2.05) is 13.0 Å². The van der Waals surface area contributed by atoms with Crippen LogP contribution in [0.15, 0.2) is 41.5 Å². The number of hydrogen-bond acceptors (Lipinski definition) is 2. The molecule has 0 saturated carbocycles. The fourth-order valence-electron chi connectivity index (χ4n) is 2.28. The molecular weight excluding hydrogens is 260 g/mol. The number of ketones is 1. The van der Waals surface area contributed by atoms with Gasteiger partial charge in [0.1, 0.15) is 5.75 Å². The smallest absolute Gasteiger partial charge is 0.167 e. The summed E-state index contributed by atoms with van der Waals surface area (Å²) >= 11 is 0. The number of rotatable bonds is 7. The topological polar surface area (TPSA) is 37.3 Å². The minimum Gasteiger partial charge on any atom is -0.507 e. The maximum atomic E-state index is 12.2. The number of Topliss-reactive ketones (excluding diaryl/α,β-unsaturated/α-hetero) is 1. The maximum absolute atomic E-state index is 12.2. The lowest BCUT2D eigenvalue weighted by Gasteiger charge is -2.06. The highest BCUT2D eigenvalue weighted by Crippen LogP contribution is 2.22. The zero-order valence-electron chi connectivity index (χ0n) is 13.6. The molecule has 0 aliphatic carbocycles. The Bertz CT molecular complexity index is 526. The zero-order chi connectivity index (χ0) is 15.8. The van der Waals surface area contributed by atoms with Crippen LogP contribution in [0.5, 0.6) is 5.75 Å². The van der Waals surface area contributed by atoms with Gasteiger partial charge in [-0.1, -0.05) is 35.4 Å². The minimum absolute atomic E-state index is 0.0129. The fourth-order valence-corrected chi connectivity index (χ4v) is 2.28. The normalized spacial score (nSPS) is 11.3. The number of benzene rings is 1. The first-order valence-corrected chi connectivity index (χ1v) is 7.52. The van der Waals surface area contributed by atoms with Crippen LogP contribution in [0.1, 0.15) is 62.4 Å². The number of carbonyl (C=O) groups is 1. The van der Waals surface area contributed by atoms with E-state index in [4.69, 9.17) is 0 Å². The van der Waals surface area contributed by atoms with Crippen molar-refractivity contribution in [3.63, 3.8) is 0 Å². The van der Waals surface area contributed by atoms with E-state index in [0.29, 0.717) is 12.0 Å². The molecule has 0 aromatic heterocycles. The molecule has 114 valence electrons. The lowest BCUT2D eigenvalue weighted by molar-refractivity contribution is 0.0980. The van der Waals surface area contributed by atoms with Crippen molar-refractivity contribution in [3.8, 4) is 5.75 Å². The van der Waals surface area contributed by atoms with Crippen molar-refractivity contribution >= 4 is 5.78 Å². The molecule has 1 aromatic carbocycles. The SMILES string of the molecule is CC(C)=CCC/C(C)=C/CCC(=O)c1c(C)cccc1O. The number of allylic oxidation sites excluding steroid dienone is 4. The summed E-state index contributed by atoms with van der Waals surface area (Å²) in [4.78, 5) is 12.2. The predicted molar refractivity (Wildman–Crippen MR) is 88.8 cm³/mol. The van der Waals surface area contributed by atoms with Gasteiger partial charge in [0, 0.05) is 6.42 Å². The van der Waals surface area contributed by atoms with E-state index in [9.17, 15) is 9.90 Å². The summed E-state index contributed by atoms with van der Waals surface area (Å²) in [6.07, 6.45) is 7.62. The van der Waals surface area contributed by atoms with E-state index in [1.165, 1.54) is 11.1 Å². The summed E-state index contributed by atoms with van der Waals surface area (Å²) in [6, 6.07) is 5.18. The molecule has 1 rings (SSSR count). The number of aromatic hydroxyl groups is 1. The summed E-state index contributed by atoms with van der Waals surface area (Å²) in [5.41, 5.74) is 3.96. The van der Waals surface area contributed by atoms with Crippen LogP contribution < -0.4 is 0 Å². The second-order valence-corrected chi connectivity index (χ2v) is 5.80. The van der Waals surface area contributed by atoms with Gasteiger partial charge in [-0.25, -0.2) is 0 Å². The Labute approximate surface area is 128 Å². The quantitative estimate of drug-likeness (QED) is 0.541. The molecule has 2 heteroatoms. The molecule has 0 spiro atoms. The van der Waals surface area contributed by atoms with Gasteiger partial charge in [0.05, 0.1) is 5.56 Å². The molecular formula is C19H26O2. The lowest BCUT2D eigenvalue weighted by Crippen LogP contribution is -2.01. The highest BCUT2D eigenvalue weighted by atomic mass is 16.3. The van der Waals surface area contributed by atoms with E-state index in [-0.39, 0.29) is 11.5 Å². The van der Waals surface area contributed by atoms with Gasteiger partial charge in [0.2, 0.25) is 0 Å². The first-order chi connectivity index (χ1) is 9.91. The van der Waals surface area contributed by atoms with Crippen LogP contribution in [0.3, 0.4) is 0 Å². The van der Waals surface area contributed by atoms with Crippen LogP contribution in [-0.4, -0.2) is 10.9 Å².